The number of aliphatic hydroxyl groups excluding tert-OH is 1. The lowest BCUT2D eigenvalue weighted by Gasteiger charge is -2.35. The summed E-state index contributed by atoms with van der Waals surface area (Å²) in [7, 11) is 0. The molecule has 4 aliphatic rings. The number of amides is 3. The van der Waals surface area contributed by atoms with Crippen molar-refractivity contribution in [3.8, 4) is 21.9 Å². The van der Waals surface area contributed by atoms with Crippen LogP contribution >= 0.6 is 11.3 Å². The number of unbranched alkanes of at least 4 members (excludes halogenated alkanes) is 4. The van der Waals surface area contributed by atoms with Crippen molar-refractivity contribution in [3.63, 3.8) is 0 Å². The molecule has 0 radical (unpaired) electrons. The number of aryl methyl sites for hydroxylation is 2. The zero-order valence-electron chi connectivity index (χ0n) is 40.2. The average molecular weight is 994 g/mol. The number of nitrogens with one attached hydrogen (secondary N) is 2. The van der Waals surface area contributed by atoms with Gasteiger partial charge >= 0.3 is 6.18 Å². The summed E-state index contributed by atoms with van der Waals surface area (Å²) in [4.78, 5) is 49.2. The summed E-state index contributed by atoms with van der Waals surface area (Å²) in [6.07, 6.45) is 1.99. The second-order valence-electron chi connectivity index (χ2n) is 20.0. The minimum Gasteiger partial charge on any atom is -0.494 e. The number of carbonyl (C=O) groups is 3. The fourth-order valence-corrected chi connectivity index (χ4v) is 10.1. The smallest absolute Gasteiger partial charge is 0.453 e. The maximum Gasteiger partial charge on any atom is 0.453 e. The van der Waals surface area contributed by atoms with Crippen LogP contribution in [0.5, 0.6) is 11.5 Å². The van der Waals surface area contributed by atoms with Gasteiger partial charge in [0, 0.05) is 51.0 Å². The number of fused-ring (bicyclic) bond motifs is 1. The van der Waals surface area contributed by atoms with Gasteiger partial charge in [-0.3, -0.25) is 14.4 Å². The van der Waals surface area contributed by atoms with Crippen LogP contribution in [0.4, 0.5) is 17.6 Å². The second-order valence-corrected chi connectivity index (χ2v) is 20.9. The summed E-state index contributed by atoms with van der Waals surface area (Å²) >= 11 is 1.53. The topological polar surface area (TPSA) is 176 Å². The number of carbonyl (C=O) groups excluding carboxylic acids is 3. The second kappa shape index (κ2) is 21.4. The Morgan fingerprint density at radius 3 is 2.30 bits per heavy atom. The highest BCUT2D eigenvalue weighted by Gasteiger charge is 2.53. The molecule has 70 heavy (non-hydrogen) atoms. The third-order valence-electron chi connectivity index (χ3n) is 13.6. The van der Waals surface area contributed by atoms with Gasteiger partial charge in [0.25, 0.3) is 11.7 Å². The van der Waals surface area contributed by atoms with Crippen molar-refractivity contribution in [1.82, 2.24) is 40.3 Å². The predicted octanol–water partition coefficient (Wildman–Crippen LogP) is 7.74. The maximum absolute atomic E-state index is 14.6. The van der Waals surface area contributed by atoms with Gasteiger partial charge in [-0.25, -0.2) is 9.37 Å². The molecule has 2 saturated heterocycles. The number of rotatable bonds is 18. The molecule has 3 amide bonds. The molecule has 2 aromatic carbocycles. The molecule has 5 heterocycles. The van der Waals surface area contributed by atoms with Crippen LogP contribution < -0.4 is 20.1 Å². The normalized spacial score (nSPS) is 19.6. The standard InChI is InChI=1S/C50H63F4N9O6S/c1-31-42(70-30-56-31)34-10-11-35(28-55-44(65)38-27-36(64)29-62(38)45(66)43(48(2,3)4)57-47(67)49(51)20-21-49)39(26-34)69-25-9-7-5-6-8-24-68-37-14-12-32(13-15-37)33-18-22-61(23-19-33)41-17-16-40-58-59-46(50(52,53)54)63(40)60-41/h10-15,26,30,33,36,38,43,64H,5-9,16-25,27-29H2,1-4H3,(H,55,65)(H,57,67)/t36-,38-,43-/m1/s1. The highest BCUT2D eigenvalue weighted by atomic mass is 32.1. The summed E-state index contributed by atoms with van der Waals surface area (Å²) in [5.41, 5.74) is 2.85. The van der Waals surface area contributed by atoms with Gasteiger partial charge in [-0.2, -0.15) is 22.9 Å². The van der Waals surface area contributed by atoms with Crippen molar-refractivity contribution in [3.05, 3.63) is 76.4 Å². The lowest BCUT2D eigenvalue weighted by atomic mass is 9.85. The third-order valence-corrected chi connectivity index (χ3v) is 14.6. The largest absolute Gasteiger partial charge is 0.494 e. The van der Waals surface area contributed by atoms with Gasteiger partial charge in [0.05, 0.1) is 35.4 Å². The van der Waals surface area contributed by atoms with E-state index in [0.29, 0.717) is 56.6 Å². The molecule has 0 spiro atoms. The number of likely N-dealkylation sites (tertiary alicyclic amines) is 2. The lowest BCUT2D eigenvalue weighted by molar-refractivity contribution is -0.147. The van der Waals surface area contributed by atoms with Crippen molar-refractivity contribution < 1.29 is 46.5 Å². The van der Waals surface area contributed by atoms with Crippen molar-refractivity contribution in [2.24, 2.45) is 10.5 Å². The van der Waals surface area contributed by atoms with Crippen molar-refractivity contribution in [2.75, 3.05) is 32.8 Å². The Bertz CT molecular complexity index is 2510. The van der Waals surface area contributed by atoms with Crippen molar-refractivity contribution in [1.29, 1.82) is 0 Å². The number of hydrogen-bond acceptors (Lipinski definition) is 12. The number of hydrogen-bond donors (Lipinski definition) is 3. The Hall–Kier alpha value is -5.63. The summed E-state index contributed by atoms with van der Waals surface area (Å²) in [6.45, 7) is 9.75. The molecule has 3 aliphatic heterocycles. The van der Waals surface area contributed by atoms with Crippen LogP contribution in [0.1, 0.15) is 126 Å². The fourth-order valence-electron chi connectivity index (χ4n) is 9.35. The summed E-state index contributed by atoms with van der Waals surface area (Å²) in [5, 5.41) is 27.5. The number of benzene rings is 2. The molecule has 8 rings (SSSR count). The SMILES string of the molecule is Cc1ncsc1-c1ccc(CNC(=O)[C@H]2C[C@@H](O)CN2C(=O)[C@@H](NC(=O)C2(F)CC2)C(C)(C)C)c(OCCCCCCCOc2ccc(C3CCN(C4=Nn5c(nnc5C(F)(F)F)CC4)CC3)cc2)c1. The summed E-state index contributed by atoms with van der Waals surface area (Å²) in [6, 6.07) is 12.0. The van der Waals surface area contributed by atoms with E-state index < -0.39 is 59.0 Å². The molecule has 15 nitrogen and oxygen atoms in total. The van der Waals surface area contributed by atoms with Gasteiger partial charge in [-0.1, -0.05) is 64.3 Å². The van der Waals surface area contributed by atoms with Gasteiger partial charge in [-0.15, -0.1) is 21.5 Å². The molecule has 0 unspecified atom stereocenters. The Morgan fingerprint density at radius 2 is 1.64 bits per heavy atom. The first-order valence-corrected chi connectivity index (χ1v) is 25.3. The van der Waals surface area contributed by atoms with Crippen LogP contribution in [0.2, 0.25) is 0 Å². The highest BCUT2D eigenvalue weighted by Crippen LogP contribution is 2.41. The summed E-state index contributed by atoms with van der Waals surface area (Å²) in [5.74, 6) is -0.257. The Labute approximate surface area is 409 Å². The first kappa shape index (κ1) is 50.7. The molecule has 20 heteroatoms. The van der Waals surface area contributed by atoms with E-state index >= 15 is 0 Å². The van der Waals surface area contributed by atoms with Crippen LogP contribution in [-0.4, -0.2) is 115 Å². The van der Waals surface area contributed by atoms with E-state index in [1.54, 1.807) is 26.3 Å². The summed E-state index contributed by atoms with van der Waals surface area (Å²) < 4.78 is 68.1. The predicted molar refractivity (Wildman–Crippen MR) is 255 cm³/mol. The van der Waals surface area contributed by atoms with Crippen molar-refractivity contribution >= 4 is 34.9 Å². The van der Waals surface area contributed by atoms with Gasteiger partial charge in [0.1, 0.15) is 29.4 Å². The minimum atomic E-state index is -4.61. The van der Waals surface area contributed by atoms with Gasteiger partial charge in [-0.05, 0) is 86.1 Å². The molecule has 1 aliphatic carbocycles. The number of alkyl halides is 4. The van der Waals surface area contributed by atoms with Crippen LogP contribution in [-0.2, 0) is 33.5 Å². The zero-order chi connectivity index (χ0) is 49.8. The van der Waals surface area contributed by atoms with E-state index in [0.717, 1.165) is 77.1 Å². The minimum absolute atomic E-state index is 0.0281. The Kier molecular flexibility index (Phi) is 15.5. The molecular weight excluding hydrogens is 931 g/mol. The molecule has 1 saturated carbocycles. The van der Waals surface area contributed by atoms with Crippen LogP contribution in [0, 0.1) is 12.3 Å². The number of ether oxygens (including phenoxy) is 2. The molecule has 4 aromatic rings. The number of piperidine rings is 1. The molecule has 2 aromatic heterocycles. The van der Waals surface area contributed by atoms with Gasteiger partial charge in [0.2, 0.25) is 11.8 Å². The quantitative estimate of drug-likeness (QED) is 0.0661. The van der Waals surface area contributed by atoms with E-state index in [1.165, 1.54) is 21.8 Å². The number of aromatic nitrogens is 4. The van der Waals surface area contributed by atoms with E-state index in [-0.39, 0.29) is 38.2 Å². The number of β-amino-alcohol motifs (C(OH)–C–C–N with tert-alkyl or cyclic N) is 1. The number of halogens is 4. The number of amidine groups is 1. The monoisotopic (exact) mass is 993 g/mol. The fraction of sp³-hybridized carbons (Fsp3) is 0.580. The zero-order valence-corrected chi connectivity index (χ0v) is 41.0. The van der Waals surface area contributed by atoms with Crippen LogP contribution in [0.15, 0.2) is 53.1 Å². The average Bonchev–Trinajstić information content (AvgIpc) is 3.61. The maximum atomic E-state index is 14.6. The molecule has 3 N–H and O–H groups in total. The molecule has 3 atom stereocenters. The lowest BCUT2D eigenvalue weighted by Crippen LogP contribution is -2.59. The van der Waals surface area contributed by atoms with E-state index in [1.807, 2.05) is 37.3 Å². The van der Waals surface area contributed by atoms with Gasteiger partial charge in [0.15, 0.2) is 11.5 Å². The first-order chi connectivity index (χ1) is 33.4. The van der Waals surface area contributed by atoms with E-state index in [9.17, 15) is 37.1 Å². The molecule has 378 valence electrons. The van der Waals surface area contributed by atoms with E-state index in [4.69, 9.17) is 9.47 Å². The number of thiazole rings is 1. The van der Waals surface area contributed by atoms with Gasteiger partial charge < -0.3 is 35.0 Å². The van der Waals surface area contributed by atoms with Crippen LogP contribution in [0.25, 0.3) is 10.4 Å². The molecule has 3 fully saturated rings. The van der Waals surface area contributed by atoms with Crippen molar-refractivity contribution in [2.45, 2.75) is 147 Å². The Balaban J connectivity index is 0.766. The Morgan fingerprint density at radius 1 is 0.943 bits per heavy atom. The highest BCUT2D eigenvalue weighted by molar-refractivity contribution is 7.13. The third kappa shape index (κ3) is 12.1. The number of aliphatic hydroxyl groups is 1. The van der Waals surface area contributed by atoms with Crippen LogP contribution in [0.3, 0.4) is 0 Å². The first-order valence-electron chi connectivity index (χ1n) is 24.4. The molecular formula is C50H63F4N9O6S. The van der Waals surface area contributed by atoms with E-state index in [2.05, 4.69) is 47.9 Å². The molecule has 0 bridgehead atoms. The number of nitrogens with zero attached hydrogens (tertiary/aromatic N) is 7.